The highest BCUT2D eigenvalue weighted by atomic mass is 79.9. The highest BCUT2D eigenvalue weighted by Gasteiger charge is 2.05. The lowest BCUT2D eigenvalue weighted by Crippen LogP contribution is -2.26. The Balaban J connectivity index is 1.63. The van der Waals surface area contributed by atoms with E-state index < -0.39 is 0 Å². The molecule has 0 saturated carbocycles. The number of aromatic nitrogens is 4. The summed E-state index contributed by atoms with van der Waals surface area (Å²) in [6.07, 6.45) is 4.92. The van der Waals surface area contributed by atoms with Crippen LogP contribution in [0.4, 0.5) is 0 Å². The van der Waals surface area contributed by atoms with E-state index in [0.29, 0.717) is 24.5 Å². The molecule has 0 aliphatic heterocycles. The molecule has 120 valence electrons. The molecule has 0 aromatic carbocycles. The molecule has 0 atom stereocenters. The third-order valence-corrected chi connectivity index (χ3v) is 4.38. The average Bonchev–Trinajstić information content (AvgIpc) is 2.96. The molecule has 6 nitrogen and oxygen atoms in total. The van der Waals surface area contributed by atoms with E-state index in [-0.39, 0.29) is 5.91 Å². The second-order valence-electron chi connectivity index (χ2n) is 5.10. The summed E-state index contributed by atoms with van der Waals surface area (Å²) in [6, 6.07) is 0. The van der Waals surface area contributed by atoms with Gasteiger partial charge in [-0.15, -0.1) is 0 Å². The number of amides is 1. The summed E-state index contributed by atoms with van der Waals surface area (Å²) < 4.78 is 4.53. The minimum Gasteiger partial charge on any atom is -0.356 e. The summed E-state index contributed by atoms with van der Waals surface area (Å²) in [5.74, 6) is 0.0268. The van der Waals surface area contributed by atoms with Gasteiger partial charge in [-0.3, -0.25) is 14.2 Å². The quantitative estimate of drug-likeness (QED) is 0.742. The zero-order valence-electron chi connectivity index (χ0n) is 12.6. The smallest absolute Gasteiger partial charge is 0.221 e. The summed E-state index contributed by atoms with van der Waals surface area (Å²) in [5.41, 5.74) is 1.75. The van der Waals surface area contributed by atoms with Gasteiger partial charge >= 0.3 is 0 Å². The van der Waals surface area contributed by atoms with E-state index in [9.17, 15) is 4.79 Å². The topological polar surface area (TPSA) is 64.7 Å². The lowest BCUT2D eigenvalue weighted by molar-refractivity contribution is -0.121. The molecule has 0 fully saturated rings. The van der Waals surface area contributed by atoms with Gasteiger partial charge in [0.1, 0.15) is 0 Å². The number of nitrogens with one attached hydrogen (secondary N) is 1. The predicted molar refractivity (Wildman–Crippen MR) is 88.9 cm³/mol. The Hall–Kier alpha value is -1.34. The van der Waals surface area contributed by atoms with Crippen molar-refractivity contribution >= 4 is 33.4 Å². The van der Waals surface area contributed by atoms with Crippen LogP contribution in [0.5, 0.6) is 0 Å². The largest absolute Gasteiger partial charge is 0.356 e. The van der Waals surface area contributed by atoms with Crippen molar-refractivity contribution in [1.82, 2.24) is 24.9 Å². The fraction of sp³-hybridized carbons (Fsp3) is 0.500. The molecule has 2 heterocycles. The Morgan fingerprint density at radius 2 is 1.91 bits per heavy atom. The van der Waals surface area contributed by atoms with Gasteiger partial charge in [-0.1, -0.05) is 11.6 Å². The first-order valence-electron chi connectivity index (χ1n) is 7.11. The zero-order valence-corrected chi connectivity index (χ0v) is 15.0. The normalized spacial score (nSPS) is 10.9. The molecule has 8 heteroatoms. The number of halogens is 2. The van der Waals surface area contributed by atoms with Crippen molar-refractivity contribution in [1.29, 1.82) is 0 Å². The molecule has 22 heavy (non-hydrogen) atoms. The van der Waals surface area contributed by atoms with Gasteiger partial charge < -0.3 is 5.32 Å². The highest BCUT2D eigenvalue weighted by molar-refractivity contribution is 9.10. The Morgan fingerprint density at radius 3 is 2.50 bits per heavy atom. The van der Waals surface area contributed by atoms with E-state index in [2.05, 4.69) is 31.4 Å². The number of carbonyl (C=O) groups is 1. The van der Waals surface area contributed by atoms with Crippen LogP contribution >= 0.6 is 27.5 Å². The fourth-order valence-electron chi connectivity index (χ4n) is 1.99. The molecule has 0 unspecified atom stereocenters. The van der Waals surface area contributed by atoms with Gasteiger partial charge in [-0.05, 0) is 36.2 Å². The van der Waals surface area contributed by atoms with Gasteiger partial charge in [0.2, 0.25) is 5.91 Å². The fourth-order valence-corrected chi connectivity index (χ4v) is 2.46. The summed E-state index contributed by atoms with van der Waals surface area (Å²) in [4.78, 5) is 11.8. The van der Waals surface area contributed by atoms with Gasteiger partial charge in [0.05, 0.1) is 20.9 Å². The number of rotatable bonds is 7. The number of nitrogens with zero attached hydrogens (tertiary/aromatic N) is 4. The van der Waals surface area contributed by atoms with E-state index in [4.69, 9.17) is 11.6 Å². The maximum atomic E-state index is 11.8. The second kappa shape index (κ2) is 7.78. The SMILES string of the molecule is Cc1nn(CCCNC(=O)CCn2cc(Br)c(C)n2)cc1Cl. The van der Waals surface area contributed by atoms with Crippen LogP contribution in [0.1, 0.15) is 24.2 Å². The molecule has 2 aromatic heterocycles. The van der Waals surface area contributed by atoms with Crippen LogP contribution in [0, 0.1) is 13.8 Å². The third kappa shape index (κ3) is 4.84. The standard InChI is InChI=1S/C14H19BrClN5O/c1-10-12(15)8-21(18-10)7-4-14(22)17-5-3-6-20-9-13(16)11(2)19-20/h8-9H,3-7H2,1-2H3,(H,17,22). The van der Waals surface area contributed by atoms with Crippen LogP contribution in [0.2, 0.25) is 5.02 Å². The third-order valence-electron chi connectivity index (χ3n) is 3.23. The monoisotopic (exact) mass is 387 g/mol. The molecule has 0 bridgehead atoms. The van der Waals surface area contributed by atoms with Gasteiger partial charge in [-0.2, -0.15) is 10.2 Å². The van der Waals surface area contributed by atoms with Crippen LogP contribution < -0.4 is 5.32 Å². The first-order valence-corrected chi connectivity index (χ1v) is 8.28. The summed E-state index contributed by atoms with van der Waals surface area (Å²) in [5, 5.41) is 12.1. The molecular formula is C14H19BrClN5O. The van der Waals surface area contributed by atoms with Crippen molar-refractivity contribution in [3.8, 4) is 0 Å². The molecule has 0 radical (unpaired) electrons. The van der Waals surface area contributed by atoms with Crippen molar-refractivity contribution in [2.24, 2.45) is 0 Å². The van der Waals surface area contributed by atoms with Crippen molar-refractivity contribution in [2.75, 3.05) is 6.54 Å². The van der Waals surface area contributed by atoms with Crippen molar-refractivity contribution in [2.45, 2.75) is 39.8 Å². The Bertz CT molecular complexity index is 613. The Labute approximate surface area is 143 Å². The molecule has 2 aromatic rings. The lowest BCUT2D eigenvalue weighted by Gasteiger charge is -2.05. The molecule has 2 rings (SSSR count). The number of hydrogen-bond acceptors (Lipinski definition) is 3. The predicted octanol–water partition coefficient (Wildman–Crippen LogP) is 2.71. The number of hydrogen-bond donors (Lipinski definition) is 1. The number of carbonyl (C=O) groups excluding carboxylic acids is 1. The van der Waals surface area contributed by atoms with Crippen LogP contribution in [-0.2, 0) is 17.9 Å². The zero-order chi connectivity index (χ0) is 16.1. The maximum absolute atomic E-state index is 11.8. The first-order chi connectivity index (χ1) is 10.5. The lowest BCUT2D eigenvalue weighted by atomic mass is 10.3. The van der Waals surface area contributed by atoms with Crippen LogP contribution in [0.15, 0.2) is 16.9 Å². The van der Waals surface area contributed by atoms with E-state index in [1.165, 1.54) is 0 Å². The molecule has 0 saturated heterocycles. The van der Waals surface area contributed by atoms with Gasteiger partial charge in [0.15, 0.2) is 0 Å². The second-order valence-corrected chi connectivity index (χ2v) is 6.37. The van der Waals surface area contributed by atoms with Gasteiger partial charge in [0.25, 0.3) is 0 Å². The highest BCUT2D eigenvalue weighted by Crippen LogP contribution is 2.13. The molecule has 1 N–H and O–H groups in total. The molecule has 1 amide bonds. The minimum atomic E-state index is 0.0268. The minimum absolute atomic E-state index is 0.0268. The number of aryl methyl sites for hydroxylation is 4. The summed E-state index contributed by atoms with van der Waals surface area (Å²) in [7, 11) is 0. The van der Waals surface area contributed by atoms with Gasteiger partial charge in [0, 0.05) is 38.4 Å². The molecule has 0 aliphatic rings. The van der Waals surface area contributed by atoms with E-state index >= 15 is 0 Å². The Kier molecular flexibility index (Phi) is 6.02. The molecule has 0 aliphatic carbocycles. The first kappa shape index (κ1) is 17.0. The summed E-state index contributed by atoms with van der Waals surface area (Å²) >= 11 is 9.34. The van der Waals surface area contributed by atoms with Crippen LogP contribution in [-0.4, -0.2) is 32.0 Å². The summed E-state index contributed by atoms with van der Waals surface area (Å²) in [6.45, 7) is 5.72. The van der Waals surface area contributed by atoms with Crippen LogP contribution in [0.25, 0.3) is 0 Å². The molecule has 0 spiro atoms. The molecular weight excluding hydrogens is 370 g/mol. The maximum Gasteiger partial charge on any atom is 0.221 e. The van der Waals surface area contributed by atoms with E-state index in [0.717, 1.165) is 28.8 Å². The van der Waals surface area contributed by atoms with E-state index in [1.54, 1.807) is 15.6 Å². The van der Waals surface area contributed by atoms with Crippen molar-refractivity contribution in [3.05, 3.63) is 33.3 Å². The van der Waals surface area contributed by atoms with Crippen molar-refractivity contribution in [3.63, 3.8) is 0 Å². The van der Waals surface area contributed by atoms with E-state index in [1.807, 2.05) is 20.0 Å². The van der Waals surface area contributed by atoms with Crippen molar-refractivity contribution < 1.29 is 4.79 Å². The average molecular weight is 389 g/mol. The van der Waals surface area contributed by atoms with Gasteiger partial charge in [-0.25, -0.2) is 0 Å². The van der Waals surface area contributed by atoms with Crippen LogP contribution in [0.3, 0.4) is 0 Å². The Morgan fingerprint density at radius 1 is 1.23 bits per heavy atom.